The van der Waals surface area contributed by atoms with Crippen molar-refractivity contribution in [3.63, 3.8) is 0 Å². The average Bonchev–Trinajstić information content (AvgIpc) is 2.64. The van der Waals surface area contributed by atoms with Crippen LogP contribution in [0.1, 0.15) is 63.0 Å². The lowest BCUT2D eigenvalue weighted by atomic mass is 9.89. The van der Waals surface area contributed by atoms with E-state index in [0.29, 0.717) is 12.1 Å². The Labute approximate surface area is 145 Å². The van der Waals surface area contributed by atoms with Crippen LogP contribution in [-0.2, 0) is 0 Å². The van der Waals surface area contributed by atoms with Crippen molar-refractivity contribution in [3.8, 4) is 0 Å². The van der Waals surface area contributed by atoms with Crippen molar-refractivity contribution in [2.45, 2.75) is 63.7 Å². The van der Waals surface area contributed by atoms with Gasteiger partial charge in [-0.1, -0.05) is 25.0 Å². The van der Waals surface area contributed by atoms with Gasteiger partial charge in [0.1, 0.15) is 0 Å². The Morgan fingerprint density at radius 2 is 1.25 bits per heavy atom. The molecule has 0 unspecified atom stereocenters. The summed E-state index contributed by atoms with van der Waals surface area (Å²) in [5.74, 6) is 0. The summed E-state index contributed by atoms with van der Waals surface area (Å²) in [5.41, 5.74) is 2.22. The standard InChI is InChI=1S/C20H28N4/c1-15(17-9-5-7-13-21-17)23-19-11-3-4-12-20(19)24-16(2)18-10-6-8-14-22-18/h5-10,13-16,19-20,23-24H,3-4,11-12H2,1-2H3/t15-,16+,19-,20-/m1/s1. The first kappa shape index (κ1) is 17.1. The van der Waals surface area contributed by atoms with Gasteiger partial charge in [-0.3, -0.25) is 9.97 Å². The zero-order valence-corrected chi connectivity index (χ0v) is 14.7. The Hall–Kier alpha value is -1.78. The molecule has 0 amide bonds. The van der Waals surface area contributed by atoms with E-state index in [1.54, 1.807) is 0 Å². The van der Waals surface area contributed by atoms with E-state index in [1.807, 2.05) is 24.5 Å². The number of hydrogen-bond donors (Lipinski definition) is 2. The van der Waals surface area contributed by atoms with Crippen LogP contribution in [0.4, 0.5) is 0 Å². The summed E-state index contributed by atoms with van der Waals surface area (Å²) < 4.78 is 0. The van der Waals surface area contributed by atoms with Gasteiger partial charge in [0, 0.05) is 36.6 Å². The molecule has 0 saturated heterocycles. The smallest absolute Gasteiger partial charge is 0.0570 e. The van der Waals surface area contributed by atoms with E-state index in [9.17, 15) is 0 Å². The van der Waals surface area contributed by atoms with Gasteiger partial charge in [0.25, 0.3) is 0 Å². The molecule has 128 valence electrons. The van der Waals surface area contributed by atoms with Gasteiger partial charge in [0.15, 0.2) is 0 Å². The van der Waals surface area contributed by atoms with Gasteiger partial charge >= 0.3 is 0 Å². The Morgan fingerprint density at radius 3 is 1.62 bits per heavy atom. The SMILES string of the molecule is C[C@H](N[C@@H]1CCCC[C@H]1N[C@H](C)c1ccccn1)c1ccccn1. The molecule has 1 saturated carbocycles. The Kier molecular flexibility index (Phi) is 5.94. The monoisotopic (exact) mass is 324 g/mol. The van der Waals surface area contributed by atoms with Gasteiger partial charge in [-0.05, 0) is 51.0 Å². The van der Waals surface area contributed by atoms with E-state index in [0.717, 1.165) is 11.4 Å². The summed E-state index contributed by atoms with van der Waals surface area (Å²) >= 11 is 0. The first-order chi connectivity index (χ1) is 11.7. The van der Waals surface area contributed by atoms with Crippen LogP contribution in [0.15, 0.2) is 48.8 Å². The number of nitrogens with one attached hydrogen (secondary N) is 2. The molecule has 4 atom stereocenters. The quantitative estimate of drug-likeness (QED) is 0.849. The molecule has 0 aliphatic heterocycles. The first-order valence-corrected chi connectivity index (χ1v) is 9.08. The maximum Gasteiger partial charge on any atom is 0.0570 e. The summed E-state index contributed by atoms with van der Waals surface area (Å²) in [6.07, 6.45) is 8.75. The highest BCUT2D eigenvalue weighted by atomic mass is 15.1. The second kappa shape index (κ2) is 8.36. The molecule has 2 aromatic rings. The van der Waals surface area contributed by atoms with E-state index in [4.69, 9.17) is 0 Å². The van der Waals surface area contributed by atoms with Gasteiger partial charge in [-0.15, -0.1) is 0 Å². The largest absolute Gasteiger partial charge is 0.304 e. The molecule has 4 nitrogen and oxygen atoms in total. The molecule has 1 aliphatic rings. The molecule has 0 radical (unpaired) electrons. The third kappa shape index (κ3) is 4.40. The van der Waals surface area contributed by atoms with Gasteiger partial charge < -0.3 is 10.6 Å². The van der Waals surface area contributed by atoms with E-state index < -0.39 is 0 Å². The van der Waals surface area contributed by atoms with Crippen LogP contribution in [0.3, 0.4) is 0 Å². The number of hydrogen-bond acceptors (Lipinski definition) is 4. The third-order valence-electron chi connectivity index (χ3n) is 4.96. The number of rotatable bonds is 6. The van der Waals surface area contributed by atoms with E-state index in [2.05, 4.69) is 58.7 Å². The van der Waals surface area contributed by atoms with Crippen LogP contribution < -0.4 is 10.6 Å². The van der Waals surface area contributed by atoms with Crippen LogP contribution in [0.5, 0.6) is 0 Å². The van der Waals surface area contributed by atoms with Crippen molar-refractivity contribution in [3.05, 3.63) is 60.2 Å². The van der Waals surface area contributed by atoms with Crippen LogP contribution in [0.2, 0.25) is 0 Å². The summed E-state index contributed by atoms with van der Waals surface area (Å²) in [7, 11) is 0. The summed E-state index contributed by atoms with van der Waals surface area (Å²) in [6, 6.07) is 13.7. The highest BCUT2D eigenvalue weighted by Crippen LogP contribution is 2.24. The molecule has 2 aromatic heterocycles. The van der Waals surface area contributed by atoms with Crippen molar-refractivity contribution in [2.24, 2.45) is 0 Å². The Bertz CT molecular complexity index is 546. The number of aromatic nitrogens is 2. The molecule has 1 fully saturated rings. The van der Waals surface area contributed by atoms with Crippen LogP contribution in [0.25, 0.3) is 0 Å². The predicted octanol–water partition coefficient (Wildman–Crippen LogP) is 3.79. The molecule has 4 heteroatoms. The molecule has 2 N–H and O–H groups in total. The van der Waals surface area contributed by atoms with Crippen molar-refractivity contribution in [1.29, 1.82) is 0 Å². The maximum atomic E-state index is 4.48. The fourth-order valence-corrected chi connectivity index (χ4v) is 3.61. The maximum absolute atomic E-state index is 4.48. The highest BCUT2D eigenvalue weighted by molar-refractivity contribution is 5.10. The van der Waals surface area contributed by atoms with Crippen LogP contribution in [-0.4, -0.2) is 22.1 Å². The molecule has 3 rings (SSSR count). The molecular weight excluding hydrogens is 296 g/mol. The minimum Gasteiger partial charge on any atom is -0.304 e. The predicted molar refractivity (Wildman–Crippen MR) is 97.6 cm³/mol. The molecule has 1 aliphatic carbocycles. The van der Waals surface area contributed by atoms with E-state index in [-0.39, 0.29) is 12.1 Å². The van der Waals surface area contributed by atoms with Crippen molar-refractivity contribution in [2.75, 3.05) is 0 Å². The summed E-state index contributed by atoms with van der Waals surface area (Å²) in [5, 5.41) is 7.59. The second-order valence-electron chi connectivity index (χ2n) is 6.78. The summed E-state index contributed by atoms with van der Waals surface area (Å²) in [4.78, 5) is 8.97. The van der Waals surface area contributed by atoms with Gasteiger partial charge in [0.05, 0.1) is 11.4 Å². The highest BCUT2D eigenvalue weighted by Gasteiger charge is 2.28. The topological polar surface area (TPSA) is 49.8 Å². The van der Waals surface area contributed by atoms with E-state index >= 15 is 0 Å². The molecule has 0 aromatic carbocycles. The van der Waals surface area contributed by atoms with Gasteiger partial charge in [0.2, 0.25) is 0 Å². The van der Waals surface area contributed by atoms with Gasteiger partial charge in [-0.25, -0.2) is 0 Å². The minimum absolute atomic E-state index is 0.267. The van der Waals surface area contributed by atoms with Crippen LogP contribution in [0, 0.1) is 0 Å². The summed E-state index contributed by atoms with van der Waals surface area (Å²) in [6.45, 7) is 4.41. The lowest BCUT2D eigenvalue weighted by Gasteiger charge is -2.36. The molecule has 0 spiro atoms. The normalized spacial score (nSPS) is 23.6. The molecule has 24 heavy (non-hydrogen) atoms. The van der Waals surface area contributed by atoms with Crippen LogP contribution >= 0.6 is 0 Å². The third-order valence-corrected chi connectivity index (χ3v) is 4.96. The fourth-order valence-electron chi connectivity index (χ4n) is 3.61. The molecular formula is C20H28N4. The zero-order valence-electron chi connectivity index (χ0n) is 14.7. The number of nitrogens with zero attached hydrogens (tertiary/aromatic N) is 2. The number of pyridine rings is 2. The van der Waals surface area contributed by atoms with Gasteiger partial charge in [-0.2, -0.15) is 0 Å². The lowest BCUT2D eigenvalue weighted by Crippen LogP contribution is -2.51. The minimum atomic E-state index is 0.267. The van der Waals surface area contributed by atoms with E-state index in [1.165, 1.54) is 25.7 Å². The van der Waals surface area contributed by atoms with Crippen molar-refractivity contribution >= 4 is 0 Å². The molecule has 2 heterocycles. The average molecular weight is 324 g/mol. The lowest BCUT2D eigenvalue weighted by molar-refractivity contribution is 0.251. The fraction of sp³-hybridized carbons (Fsp3) is 0.500. The van der Waals surface area contributed by atoms with Crippen molar-refractivity contribution < 1.29 is 0 Å². The second-order valence-corrected chi connectivity index (χ2v) is 6.78. The molecule has 0 bridgehead atoms. The Balaban J connectivity index is 1.63. The van der Waals surface area contributed by atoms with Crippen molar-refractivity contribution in [1.82, 2.24) is 20.6 Å². The zero-order chi connectivity index (χ0) is 16.8. The first-order valence-electron chi connectivity index (χ1n) is 9.08. The Morgan fingerprint density at radius 1 is 0.792 bits per heavy atom.